The molecule has 1 spiro atoms. The van der Waals surface area contributed by atoms with Gasteiger partial charge in [-0.25, -0.2) is 4.79 Å². The Bertz CT molecular complexity index is 1330. The third-order valence-electron chi connectivity index (χ3n) is 7.81. The van der Waals surface area contributed by atoms with Gasteiger partial charge in [-0.2, -0.15) is 0 Å². The molecular formula is C31H35N5O3S. The van der Waals surface area contributed by atoms with Crippen LogP contribution in [-0.2, 0) is 9.59 Å². The topological polar surface area (TPSA) is 85.0 Å². The first kappa shape index (κ1) is 27.6. The van der Waals surface area contributed by atoms with E-state index in [-0.39, 0.29) is 30.4 Å². The maximum atomic E-state index is 14.0. The van der Waals surface area contributed by atoms with Crippen LogP contribution < -0.4 is 15.5 Å². The van der Waals surface area contributed by atoms with E-state index >= 15 is 0 Å². The average Bonchev–Trinajstić information content (AvgIpc) is 3.24. The molecule has 4 amide bonds. The third kappa shape index (κ3) is 5.79. The molecule has 0 saturated carbocycles. The zero-order valence-electron chi connectivity index (χ0n) is 22.9. The summed E-state index contributed by atoms with van der Waals surface area (Å²) >= 11 is 1.65. The van der Waals surface area contributed by atoms with Gasteiger partial charge in [0.2, 0.25) is 5.91 Å². The number of carbonyl (C=O) groups excluding carboxylic acids is 3. The summed E-state index contributed by atoms with van der Waals surface area (Å²) in [6.07, 6.45) is 2.98. The van der Waals surface area contributed by atoms with Gasteiger partial charge in [0.05, 0.1) is 12.7 Å². The molecule has 0 radical (unpaired) electrons. The summed E-state index contributed by atoms with van der Waals surface area (Å²) in [6.45, 7) is 3.12. The highest BCUT2D eigenvalue weighted by atomic mass is 32.2. The van der Waals surface area contributed by atoms with E-state index in [0.29, 0.717) is 32.6 Å². The van der Waals surface area contributed by atoms with Crippen LogP contribution in [0.2, 0.25) is 0 Å². The molecule has 3 aromatic carbocycles. The summed E-state index contributed by atoms with van der Waals surface area (Å²) in [5.41, 5.74) is 1.89. The second kappa shape index (κ2) is 12.0. The molecule has 2 aliphatic rings. The molecule has 1 unspecified atom stereocenters. The SMILES string of the molecule is CSc1ccc(NC(=O)N2CCC3(CC2)C(=O)N(CC(=O)NC(C)c2ccccc2)CN3c2ccccc2)cc1. The van der Waals surface area contributed by atoms with Crippen LogP contribution in [0.15, 0.2) is 89.8 Å². The first-order chi connectivity index (χ1) is 19.4. The molecule has 2 aliphatic heterocycles. The first-order valence-electron chi connectivity index (χ1n) is 13.6. The molecular weight excluding hydrogens is 522 g/mol. The first-order valence-corrected chi connectivity index (χ1v) is 14.8. The van der Waals surface area contributed by atoms with Gasteiger partial charge in [0.25, 0.3) is 5.91 Å². The number of rotatable bonds is 7. The molecule has 2 fully saturated rings. The van der Waals surface area contributed by atoms with Crippen LogP contribution in [0.1, 0.15) is 31.4 Å². The molecule has 0 bridgehead atoms. The molecule has 40 heavy (non-hydrogen) atoms. The van der Waals surface area contributed by atoms with Crippen molar-refractivity contribution >= 4 is 41.0 Å². The van der Waals surface area contributed by atoms with Crippen molar-refractivity contribution in [1.82, 2.24) is 15.1 Å². The highest BCUT2D eigenvalue weighted by Gasteiger charge is 2.54. The van der Waals surface area contributed by atoms with Gasteiger partial charge in [-0.3, -0.25) is 9.59 Å². The Balaban J connectivity index is 1.27. The van der Waals surface area contributed by atoms with E-state index in [1.54, 1.807) is 21.6 Å². The number of piperidine rings is 1. The molecule has 1 atom stereocenters. The molecule has 0 aromatic heterocycles. The fraction of sp³-hybridized carbons (Fsp3) is 0.323. The minimum atomic E-state index is -0.802. The Morgan fingerprint density at radius 3 is 2.17 bits per heavy atom. The standard InChI is InChI=1S/C31H35N5O3S/c1-23(24-9-5-3-6-10-24)32-28(37)21-35-22-36(26-11-7-4-8-12-26)31(29(35)38)17-19-34(20-18-31)30(39)33-25-13-15-27(40-2)16-14-25/h3-16,23H,17-22H2,1-2H3,(H,32,37)(H,33,39). The number of carbonyl (C=O) groups is 3. The van der Waals surface area contributed by atoms with E-state index in [2.05, 4.69) is 15.5 Å². The van der Waals surface area contributed by atoms with Gasteiger partial charge >= 0.3 is 6.03 Å². The molecule has 2 saturated heterocycles. The molecule has 9 heteroatoms. The quantitative estimate of drug-likeness (QED) is 0.401. The summed E-state index contributed by atoms with van der Waals surface area (Å²) in [4.78, 5) is 46.7. The number of hydrogen-bond donors (Lipinski definition) is 2. The normalized spacial score (nSPS) is 17.1. The Kier molecular flexibility index (Phi) is 8.30. The number of nitrogens with one attached hydrogen (secondary N) is 2. The summed E-state index contributed by atoms with van der Waals surface area (Å²) in [6, 6.07) is 27.0. The predicted octanol–water partition coefficient (Wildman–Crippen LogP) is 4.96. The van der Waals surface area contributed by atoms with Crippen LogP contribution in [0.5, 0.6) is 0 Å². The maximum Gasteiger partial charge on any atom is 0.321 e. The minimum absolute atomic E-state index is 0.0165. The van der Waals surface area contributed by atoms with Crippen molar-refractivity contribution in [2.24, 2.45) is 0 Å². The number of anilines is 2. The highest BCUT2D eigenvalue weighted by molar-refractivity contribution is 7.98. The Hall–Kier alpha value is -3.98. The second-order valence-corrected chi connectivity index (χ2v) is 11.2. The molecule has 2 N–H and O–H groups in total. The van der Waals surface area contributed by atoms with Gasteiger partial charge in [0.1, 0.15) is 12.1 Å². The molecule has 0 aliphatic carbocycles. The van der Waals surface area contributed by atoms with E-state index < -0.39 is 5.54 Å². The second-order valence-electron chi connectivity index (χ2n) is 10.3. The van der Waals surface area contributed by atoms with Crippen molar-refractivity contribution in [3.8, 4) is 0 Å². The van der Waals surface area contributed by atoms with Crippen molar-refractivity contribution in [2.75, 3.05) is 42.8 Å². The molecule has 3 aromatic rings. The monoisotopic (exact) mass is 557 g/mol. The van der Waals surface area contributed by atoms with E-state index in [1.807, 2.05) is 98.1 Å². The summed E-state index contributed by atoms with van der Waals surface area (Å²) < 4.78 is 0. The van der Waals surface area contributed by atoms with E-state index in [0.717, 1.165) is 21.8 Å². The van der Waals surface area contributed by atoms with Gasteiger partial charge in [0, 0.05) is 29.4 Å². The van der Waals surface area contributed by atoms with Crippen LogP contribution in [0.4, 0.5) is 16.2 Å². The van der Waals surface area contributed by atoms with E-state index in [4.69, 9.17) is 0 Å². The lowest BCUT2D eigenvalue weighted by Gasteiger charge is -2.43. The van der Waals surface area contributed by atoms with Crippen LogP contribution in [-0.4, -0.2) is 65.7 Å². The molecule has 8 nitrogen and oxygen atoms in total. The Morgan fingerprint density at radius 1 is 0.925 bits per heavy atom. The zero-order valence-corrected chi connectivity index (χ0v) is 23.7. The van der Waals surface area contributed by atoms with Gasteiger partial charge in [-0.15, -0.1) is 11.8 Å². The lowest BCUT2D eigenvalue weighted by Crippen LogP contribution is -2.58. The average molecular weight is 558 g/mol. The van der Waals surface area contributed by atoms with Crippen molar-refractivity contribution in [3.63, 3.8) is 0 Å². The van der Waals surface area contributed by atoms with Crippen molar-refractivity contribution in [1.29, 1.82) is 0 Å². The smallest absolute Gasteiger partial charge is 0.321 e. The van der Waals surface area contributed by atoms with Gasteiger partial charge in [-0.05, 0) is 68.0 Å². The Labute approximate surface area is 239 Å². The molecule has 2 heterocycles. The van der Waals surface area contributed by atoms with E-state index in [1.165, 1.54) is 0 Å². The molecule has 208 valence electrons. The lowest BCUT2D eigenvalue weighted by atomic mass is 9.85. The number of benzene rings is 3. The fourth-order valence-corrected chi connectivity index (χ4v) is 5.97. The predicted molar refractivity (Wildman–Crippen MR) is 159 cm³/mol. The Morgan fingerprint density at radius 2 is 1.55 bits per heavy atom. The largest absolute Gasteiger partial charge is 0.348 e. The van der Waals surface area contributed by atoms with Gasteiger partial charge in [0.15, 0.2) is 0 Å². The lowest BCUT2D eigenvalue weighted by molar-refractivity contribution is -0.137. The van der Waals surface area contributed by atoms with Gasteiger partial charge in [-0.1, -0.05) is 48.5 Å². The third-order valence-corrected chi connectivity index (χ3v) is 8.56. The maximum absolute atomic E-state index is 14.0. The van der Waals surface area contributed by atoms with Crippen LogP contribution in [0.3, 0.4) is 0 Å². The van der Waals surface area contributed by atoms with Crippen molar-refractivity contribution in [3.05, 3.63) is 90.5 Å². The van der Waals surface area contributed by atoms with Crippen LogP contribution >= 0.6 is 11.8 Å². The number of thioether (sulfide) groups is 1. The number of urea groups is 1. The summed E-state index contributed by atoms with van der Waals surface area (Å²) in [5.74, 6) is -0.259. The summed E-state index contributed by atoms with van der Waals surface area (Å²) in [7, 11) is 0. The number of likely N-dealkylation sites (tertiary alicyclic amines) is 1. The number of amides is 4. The van der Waals surface area contributed by atoms with E-state index in [9.17, 15) is 14.4 Å². The minimum Gasteiger partial charge on any atom is -0.348 e. The van der Waals surface area contributed by atoms with Crippen LogP contribution in [0.25, 0.3) is 0 Å². The zero-order chi connectivity index (χ0) is 28.1. The van der Waals surface area contributed by atoms with Crippen LogP contribution in [0, 0.1) is 0 Å². The number of para-hydroxylation sites is 1. The highest BCUT2D eigenvalue weighted by Crippen LogP contribution is 2.39. The summed E-state index contributed by atoms with van der Waals surface area (Å²) in [5, 5.41) is 6.01. The molecule has 5 rings (SSSR count). The fourth-order valence-electron chi connectivity index (χ4n) is 5.56. The van der Waals surface area contributed by atoms with Crippen molar-refractivity contribution in [2.45, 2.75) is 36.2 Å². The number of hydrogen-bond acceptors (Lipinski definition) is 5. The van der Waals surface area contributed by atoms with Crippen molar-refractivity contribution < 1.29 is 14.4 Å². The van der Waals surface area contributed by atoms with Gasteiger partial charge < -0.3 is 25.3 Å². The number of nitrogens with zero attached hydrogens (tertiary/aromatic N) is 3.